The van der Waals surface area contributed by atoms with E-state index in [2.05, 4.69) is 30.8 Å². The average Bonchev–Trinajstić information content (AvgIpc) is 3.48. The molecule has 0 aliphatic carbocycles. The van der Waals surface area contributed by atoms with Crippen molar-refractivity contribution in [2.75, 3.05) is 38.7 Å². The van der Waals surface area contributed by atoms with Crippen LogP contribution in [-0.4, -0.2) is 76.2 Å². The van der Waals surface area contributed by atoms with Crippen molar-refractivity contribution in [2.45, 2.75) is 38.9 Å². The van der Waals surface area contributed by atoms with Gasteiger partial charge in [0, 0.05) is 92.5 Å². The molecule has 0 bridgehead atoms. The standard InChI is InChI=1S/C35H38ClN7O4/c1-21-26(4-3-5-28(21)41-34(46)30-9-6-22(14-39-30)17-43-18-23(19-43)20-44)33-32(36)27(12-13-38-33)29-10-7-24(35(42-29)47-2)15-37-16-25-8-11-31(45)40-25/h3-7,9-10,12-14,23,25,37,44H,8,11,15-20H2,1-2H3,(H,40,45)(H,41,46)/t25-/m0/s1. The number of nitrogens with zero attached hydrogens (tertiary/aromatic N) is 4. The molecular weight excluding hydrogens is 618 g/mol. The molecule has 0 unspecified atom stereocenters. The molecule has 2 saturated heterocycles. The third-order valence-corrected chi connectivity index (χ3v) is 9.06. The molecule has 2 aliphatic rings. The quantitative estimate of drug-likeness (QED) is 0.177. The highest BCUT2D eigenvalue weighted by atomic mass is 35.5. The number of aliphatic hydroxyl groups is 1. The van der Waals surface area contributed by atoms with Gasteiger partial charge in [-0.05, 0) is 48.7 Å². The number of aromatic nitrogens is 3. The first kappa shape index (κ1) is 32.5. The van der Waals surface area contributed by atoms with E-state index in [1.807, 2.05) is 49.4 Å². The van der Waals surface area contributed by atoms with Crippen LogP contribution in [0, 0.1) is 12.8 Å². The third kappa shape index (κ3) is 7.44. The fourth-order valence-electron chi connectivity index (χ4n) is 6.02. The molecule has 2 fully saturated rings. The fraction of sp³-hybridized carbons (Fsp3) is 0.343. The number of hydrogen-bond acceptors (Lipinski definition) is 9. The van der Waals surface area contributed by atoms with E-state index in [1.54, 1.807) is 25.6 Å². The Bertz CT molecular complexity index is 1760. The number of rotatable bonds is 12. The number of nitrogens with one attached hydrogen (secondary N) is 3. The zero-order valence-corrected chi connectivity index (χ0v) is 27.2. The first-order valence-electron chi connectivity index (χ1n) is 15.7. The first-order chi connectivity index (χ1) is 22.8. The summed E-state index contributed by atoms with van der Waals surface area (Å²) >= 11 is 6.99. The van der Waals surface area contributed by atoms with Gasteiger partial charge in [0.2, 0.25) is 11.8 Å². The molecule has 47 heavy (non-hydrogen) atoms. The summed E-state index contributed by atoms with van der Waals surface area (Å²) < 4.78 is 5.61. The summed E-state index contributed by atoms with van der Waals surface area (Å²) in [6.07, 6.45) is 4.81. The Morgan fingerprint density at radius 3 is 2.70 bits per heavy atom. The number of hydrogen-bond donors (Lipinski definition) is 4. The van der Waals surface area contributed by atoms with E-state index in [0.717, 1.165) is 48.3 Å². The van der Waals surface area contributed by atoms with Crippen molar-refractivity contribution in [1.29, 1.82) is 0 Å². The van der Waals surface area contributed by atoms with E-state index in [1.165, 1.54) is 0 Å². The van der Waals surface area contributed by atoms with Gasteiger partial charge < -0.3 is 25.8 Å². The Balaban J connectivity index is 1.15. The van der Waals surface area contributed by atoms with E-state index in [0.29, 0.717) is 64.7 Å². The first-order valence-corrected chi connectivity index (χ1v) is 16.1. The zero-order valence-electron chi connectivity index (χ0n) is 26.4. The molecule has 1 atom stereocenters. The van der Waals surface area contributed by atoms with Crippen LogP contribution in [-0.2, 0) is 17.9 Å². The smallest absolute Gasteiger partial charge is 0.274 e. The lowest BCUT2D eigenvalue weighted by Crippen LogP contribution is -2.47. The van der Waals surface area contributed by atoms with Crippen molar-refractivity contribution in [3.63, 3.8) is 0 Å². The molecule has 3 aromatic heterocycles. The normalized spacial score (nSPS) is 16.5. The number of likely N-dealkylation sites (tertiary alicyclic amines) is 1. The number of anilines is 1. The molecule has 244 valence electrons. The number of halogens is 1. The molecule has 2 amide bonds. The number of benzene rings is 1. The largest absolute Gasteiger partial charge is 0.481 e. The number of carbonyl (C=O) groups excluding carboxylic acids is 2. The maximum atomic E-state index is 13.1. The van der Waals surface area contributed by atoms with Crippen LogP contribution in [0.3, 0.4) is 0 Å². The monoisotopic (exact) mass is 655 g/mol. The minimum atomic E-state index is -0.312. The second-order valence-electron chi connectivity index (χ2n) is 12.0. The fourth-order valence-corrected chi connectivity index (χ4v) is 6.33. The Hall–Kier alpha value is -4.42. The van der Waals surface area contributed by atoms with Gasteiger partial charge in [0.25, 0.3) is 5.91 Å². The minimum Gasteiger partial charge on any atom is -0.481 e. The van der Waals surface area contributed by atoms with Gasteiger partial charge in [-0.15, -0.1) is 0 Å². The van der Waals surface area contributed by atoms with Gasteiger partial charge in [0.1, 0.15) is 5.69 Å². The maximum Gasteiger partial charge on any atom is 0.274 e. The highest BCUT2D eigenvalue weighted by molar-refractivity contribution is 6.35. The highest BCUT2D eigenvalue weighted by Gasteiger charge is 2.26. The molecule has 4 aromatic rings. The third-order valence-electron chi connectivity index (χ3n) is 8.68. The van der Waals surface area contributed by atoms with Gasteiger partial charge in [-0.25, -0.2) is 4.98 Å². The van der Waals surface area contributed by atoms with Crippen molar-refractivity contribution in [3.8, 4) is 28.4 Å². The molecular formula is C35H38ClN7O4. The summed E-state index contributed by atoms with van der Waals surface area (Å²) in [6.45, 7) is 5.82. The zero-order chi connectivity index (χ0) is 32.9. The summed E-state index contributed by atoms with van der Waals surface area (Å²) in [5.74, 6) is 0.612. The Labute approximate surface area is 278 Å². The van der Waals surface area contributed by atoms with Crippen LogP contribution >= 0.6 is 11.6 Å². The molecule has 5 heterocycles. The maximum absolute atomic E-state index is 13.1. The lowest BCUT2D eigenvalue weighted by atomic mass is 10.0. The molecule has 0 spiro atoms. The molecule has 4 N–H and O–H groups in total. The van der Waals surface area contributed by atoms with Crippen LogP contribution < -0.4 is 20.7 Å². The Morgan fingerprint density at radius 1 is 1.13 bits per heavy atom. The van der Waals surface area contributed by atoms with Gasteiger partial charge in [0.05, 0.1) is 23.5 Å². The van der Waals surface area contributed by atoms with Gasteiger partial charge in [-0.2, -0.15) is 0 Å². The molecule has 11 nitrogen and oxygen atoms in total. The van der Waals surface area contributed by atoms with E-state index < -0.39 is 0 Å². The number of methoxy groups -OCH3 is 1. The van der Waals surface area contributed by atoms with E-state index in [4.69, 9.17) is 21.3 Å². The second kappa shape index (κ2) is 14.6. The Kier molecular flexibility index (Phi) is 10.1. The van der Waals surface area contributed by atoms with Crippen molar-refractivity contribution in [1.82, 2.24) is 30.5 Å². The molecule has 2 aliphatic heterocycles. The van der Waals surface area contributed by atoms with Crippen molar-refractivity contribution < 1.29 is 19.4 Å². The highest BCUT2D eigenvalue weighted by Crippen LogP contribution is 2.38. The number of aliphatic hydroxyl groups excluding tert-OH is 1. The molecule has 0 radical (unpaired) electrons. The second-order valence-corrected chi connectivity index (χ2v) is 12.4. The minimum absolute atomic E-state index is 0.0935. The van der Waals surface area contributed by atoms with Crippen LogP contribution in [0.1, 0.15) is 40.0 Å². The SMILES string of the molecule is COc1nc(-c2ccnc(-c3cccc(NC(=O)c4ccc(CN5CC(CO)C5)cn4)c3C)c2Cl)ccc1CNC[C@@H]1CCC(=O)N1. The van der Waals surface area contributed by atoms with E-state index >= 15 is 0 Å². The average molecular weight is 656 g/mol. The molecule has 1 aromatic carbocycles. The predicted molar refractivity (Wildman–Crippen MR) is 180 cm³/mol. The predicted octanol–water partition coefficient (Wildman–Crippen LogP) is 4.22. The van der Waals surface area contributed by atoms with Crippen LogP contribution in [0.25, 0.3) is 22.5 Å². The van der Waals surface area contributed by atoms with E-state index in [-0.39, 0.29) is 24.5 Å². The number of carbonyl (C=O) groups is 2. The van der Waals surface area contributed by atoms with Gasteiger partial charge in [0.15, 0.2) is 0 Å². The summed E-state index contributed by atoms with van der Waals surface area (Å²) in [5, 5.41) is 19.0. The number of pyridine rings is 3. The van der Waals surface area contributed by atoms with E-state index in [9.17, 15) is 14.7 Å². The van der Waals surface area contributed by atoms with Crippen molar-refractivity contribution in [2.24, 2.45) is 5.92 Å². The van der Waals surface area contributed by atoms with Crippen LogP contribution in [0.2, 0.25) is 5.02 Å². The lowest BCUT2D eigenvalue weighted by Gasteiger charge is -2.38. The number of ether oxygens (including phenoxy) is 1. The van der Waals surface area contributed by atoms with Crippen molar-refractivity contribution >= 4 is 29.1 Å². The summed E-state index contributed by atoms with van der Waals surface area (Å²) in [5.41, 5.74) is 6.36. The summed E-state index contributed by atoms with van der Waals surface area (Å²) in [7, 11) is 1.58. The topological polar surface area (TPSA) is 142 Å². The van der Waals surface area contributed by atoms with Crippen LogP contribution in [0.15, 0.2) is 60.9 Å². The summed E-state index contributed by atoms with van der Waals surface area (Å²) in [4.78, 5) is 40.6. The lowest BCUT2D eigenvalue weighted by molar-refractivity contribution is -0.119. The molecule has 0 saturated carbocycles. The van der Waals surface area contributed by atoms with Crippen LogP contribution in [0.5, 0.6) is 5.88 Å². The van der Waals surface area contributed by atoms with Crippen LogP contribution in [0.4, 0.5) is 5.69 Å². The van der Waals surface area contributed by atoms with Gasteiger partial charge >= 0.3 is 0 Å². The van der Waals surface area contributed by atoms with Gasteiger partial charge in [-0.3, -0.25) is 24.5 Å². The van der Waals surface area contributed by atoms with Gasteiger partial charge in [-0.1, -0.05) is 35.9 Å². The summed E-state index contributed by atoms with van der Waals surface area (Å²) in [6, 6.07) is 15.1. The molecule has 6 rings (SSSR count). The molecule has 12 heteroatoms. The van der Waals surface area contributed by atoms with Crippen molar-refractivity contribution in [3.05, 3.63) is 88.3 Å². The number of amides is 2. The Morgan fingerprint density at radius 2 is 1.98 bits per heavy atom.